The highest BCUT2D eigenvalue weighted by molar-refractivity contribution is 5.95. The number of amides is 1. The van der Waals surface area contributed by atoms with E-state index in [4.69, 9.17) is 4.74 Å². The number of ether oxygens (including phenoxy) is 1. The second-order valence-corrected chi connectivity index (χ2v) is 5.58. The fourth-order valence-electron chi connectivity index (χ4n) is 2.43. The summed E-state index contributed by atoms with van der Waals surface area (Å²) in [5.74, 6) is -0.0633. The van der Waals surface area contributed by atoms with E-state index in [1.165, 1.54) is 5.56 Å². The average Bonchev–Trinajstić information content (AvgIpc) is 2.60. The Bertz CT molecular complexity index is 632. The fourth-order valence-corrected chi connectivity index (χ4v) is 2.43. The van der Waals surface area contributed by atoms with E-state index in [0.717, 1.165) is 17.9 Å². The van der Waals surface area contributed by atoms with Gasteiger partial charge >= 0.3 is 0 Å². The molecule has 0 aliphatic rings. The quantitative estimate of drug-likeness (QED) is 0.695. The molecular weight excluding hydrogens is 302 g/mol. The van der Waals surface area contributed by atoms with Gasteiger partial charge in [-0.2, -0.15) is 0 Å². The van der Waals surface area contributed by atoms with Gasteiger partial charge in [0.2, 0.25) is 5.91 Å². The van der Waals surface area contributed by atoms with Crippen molar-refractivity contribution in [2.45, 2.75) is 6.54 Å². The lowest BCUT2D eigenvalue weighted by Gasteiger charge is -2.23. The number of hydrogen-bond donors (Lipinski definition) is 2. The van der Waals surface area contributed by atoms with Crippen molar-refractivity contribution in [3.05, 3.63) is 60.2 Å². The number of carbonyl (C=O) groups is 1. The summed E-state index contributed by atoms with van der Waals surface area (Å²) in [4.78, 5) is 14.2. The summed E-state index contributed by atoms with van der Waals surface area (Å²) in [5, 5.41) is 6.01. The van der Waals surface area contributed by atoms with E-state index in [-0.39, 0.29) is 12.5 Å². The number of nitrogens with one attached hydrogen (secondary N) is 2. The van der Waals surface area contributed by atoms with Gasteiger partial charge in [0, 0.05) is 27.2 Å². The van der Waals surface area contributed by atoms with Crippen LogP contribution >= 0.6 is 0 Å². The number of benzene rings is 2. The predicted octanol–water partition coefficient (Wildman–Crippen LogP) is 2.50. The second kappa shape index (κ2) is 9.70. The highest BCUT2D eigenvalue weighted by Crippen LogP contribution is 2.25. The molecule has 0 atom stereocenters. The molecule has 0 bridgehead atoms. The van der Waals surface area contributed by atoms with Gasteiger partial charge in [0.05, 0.1) is 24.5 Å². The van der Waals surface area contributed by atoms with Crippen molar-refractivity contribution in [3.8, 4) is 0 Å². The Kier molecular flexibility index (Phi) is 7.26. The summed E-state index contributed by atoms with van der Waals surface area (Å²) in [5.41, 5.74) is 3.03. The zero-order chi connectivity index (χ0) is 17.2. The predicted molar refractivity (Wildman–Crippen MR) is 98.4 cm³/mol. The molecule has 2 aromatic rings. The van der Waals surface area contributed by atoms with Crippen LogP contribution in [0.5, 0.6) is 0 Å². The SMILES string of the molecule is COCCNCC(=O)Nc1ccccc1N(C)Cc1ccccc1. The number of nitrogens with zero attached hydrogens (tertiary/aromatic N) is 1. The molecule has 0 saturated carbocycles. The number of para-hydroxylation sites is 2. The number of hydrogen-bond acceptors (Lipinski definition) is 4. The van der Waals surface area contributed by atoms with Gasteiger partial charge in [0.1, 0.15) is 0 Å². The van der Waals surface area contributed by atoms with Crippen molar-refractivity contribution in [2.24, 2.45) is 0 Å². The lowest BCUT2D eigenvalue weighted by atomic mass is 10.2. The zero-order valence-electron chi connectivity index (χ0n) is 14.3. The molecule has 0 saturated heterocycles. The number of rotatable bonds is 9. The molecule has 128 valence electrons. The topological polar surface area (TPSA) is 53.6 Å². The van der Waals surface area contributed by atoms with E-state index in [2.05, 4.69) is 27.7 Å². The molecule has 2 rings (SSSR count). The lowest BCUT2D eigenvalue weighted by Crippen LogP contribution is -2.30. The van der Waals surface area contributed by atoms with Crippen LogP contribution in [0.25, 0.3) is 0 Å². The Balaban J connectivity index is 1.97. The smallest absolute Gasteiger partial charge is 0.238 e. The second-order valence-electron chi connectivity index (χ2n) is 5.58. The molecule has 0 heterocycles. The van der Waals surface area contributed by atoms with E-state index in [0.29, 0.717) is 13.2 Å². The molecule has 0 fully saturated rings. The van der Waals surface area contributed by atoms with Crippen LogP contribution in [0.4, 0.5) is 11.4 Å². The molecule has 1 amide bonds. The summed E-state index contributed by atoms with van der Waals surface area (Å²) in [7, 11) is 3.66. The van der Waals surface area contributed by atoms with Gasteiger partial charge in [-0.15, -0.1) is 0 Å². The molecule has 0 spiro atoms. The summed E-state index contributed by atoms with van der Waals surface area (Å²) >= 11 is 0. The Labute approximate surface area is 143 Å². The van der Waals surface area contributed by atoms with Gasteiger partial charge in [-0.3, -0.25) is 4.79 Å². The molecule has 2 aromatic carbocycles. The summed E-state index contributed by atoms with van der Waals surface area (Å²) in [6.07, 6.45) is 0. The van der Waals surface area contributed by atoms with Gasteiger partial charge in [0.25, 0.3) is 0 Å². The van der Waals surface area contributed by atoms with Crippen LogP contribution < -0.4 is 15.5 Å². The summed E-state index contributed by atoms with van der Waals surface area (Å²) in [6, 6.07) is 18.1. The maximum atomic E-state index is 12.1. The number of methoxy groups -OCH3 is 1. The molecule has 24 heavy (non-hydrogen) atoms. The molecule has 0 unspecified atom stereocenters. The summed E-state index contributed by atoms with van der Waals surface area (Å²) < 4.78 is 4.95. The average molecular weight is 327 g/mol. The summed E-state index contributed by atoms with van der Waals surface area (Å²) in [6.45, 7) is 2.28. The third-order valence-corrected chi connectivity index (χ3v) is 3.62. The maximum Gasteiger partial charge on any atom is 0.238 e. The third-order valence-electron chi connectivity index (χ3n) is 3.62. The van der Waals surface area contributed by atoms with Gasteiger partial charge < -0.3 is 20.3 Å². The van der Waals surface area contributed by atoms with Crippen LogP contribution in [0.15, 0.2) is 54.6 Å². The minimum atomic E-state index is -0.0633. The molecule has 5 heteroatoms. The van der Waals surface area contributed by atoms with Crippen molar-refractivity contribution in [2.75, 3.05) is 44.1 Å². The van der Waals surface area contributed by atoms with Crippen LogP contribution in [0, 0.1) is 0 Å². The Hall–Kier alpha value is -2.37. The van der Waals surface area contributed by atoms with Crippen molar-refractivity contribution in [1.29, 1.82) is 0 Å². The van der Waals surface area contributed by atoms with Crippen molar-refractivity contribution >= 4 is 17.3 Å². The van der Waals surface area contributed by atoms with E-state index < -0.39 is 0 Å². The largest absolute Gasteiger partial charge is 0.383 e. The highest BCUT2D eigenvalue weighted by atomic mass is 16.5. The first-order chi connectivity index (χ1) is 11.7. The van der Waals surface area contributed by atoms with E-state index >= 15 is 0 Å². The van der Waals surface area contributed by atoms with E-state index in [9.17, 15) is 4.79 Å². The Morgan fingerprint density at radius 3 is 2.54 bits per heavy atom. The van der Waals surface area contributed by atoms with E-state index in [1.807, 2.05) is 49.5 Å². The lowest BCUT2D eigenvalue weighted by molar-refractivity contribution is -0.115. The van der Waals surface area contributed by atoms with Gasteiger partial charge in [-0.1, -0.05) is 42.5 Å². The van der Waals surface area contributed by atoms with Gasteiger partial charge in [-0.25, -0.2) is 0 Å². The molecule has 0 aliphatic carbocycles. The Morgan fingerprint density at radius 1 is 1.08 bits per heavy atom. The molecule has 2 N–H and O–H groups in total. The van der Waals surface area contributed by atoms with Crippen LogP contribution in [0.3, 0.4) is 0 Å². The first-order valence-electron chi connectivity index (χ1n) is 8.04. The van der Waals surface area contributed by atoms with Crippen molar-refractivity contribution in [3.63, 3.8) is 0 Å². The normalized spacial score (nSPS) is 10.4. The monoisotopic (exact) mass is 327 g/mol. The number of anilines is 2. The van der Waals surface area contributed by atoms with Gasteiger partial charge in [-0.05, 0) is 17.7 Å². The first kappa shape index (κ1) is 18.0. The zero-order valence-corrected chi connectivity index (χ0v) is 14.3. The van der Waals surface area contributed by atoms with Crippen LogP contribution in [-0.4, -0.2) is 39.8 Å². The molecule has 0 aromatic heterocycles. The van der Waals surface area contributed by atoms with E-state index in [1.54, 1.807) is 7.11 Å². The minimum Gasteiger partial charge on any atom is -0.383 e. The maximum absolute atomic E-state index is 12.1. The van der Waals surface area contributed by atoms with Crippen LogP contribution in [0.1, 0.15) is 5.56 Å². The van der Waals surface area contributed by atoms with Gasteiger partial charge in [0.15, 0.2) is 0 Å². The highest BCUT2D eigenvalue weighted by Gasteiger charge is 2.10. The molecule has 5 nitrogen and oxygen atoms in total. The molecule has 0 aliphatic heterocycles. The molecule has 0 radical (unpaired) electrons. The molecular formula is C19H25N3O2. The standard InChI is InChI=1S/C19H25N3O2/c1-22(15-16-8-4-3-5-9-16)18-11-7-6-10-17(18)21-19(23)14-20-12-13-24-2/h3-11,20H,12-15H2,1-2H3,(H,21,23). The first-order valence-corrected chi connectivity index (χ1v) is 8.04. The van der Waals surface area contributed by atoms with Crippen LogP contribution in [0.2, 0.25) is 0 Å². The minimum absolute atomic E-state index is 0.0633. The van der Waals surface area contributed by atoms with Crippen LogP contribution in [-0.2, 0) is 16.1 Å². The number of carbonyl (C=O) groups excluding carboxylic acids is 1. The van der Waals surface area contributed by atoms with Crippen molar-refractivity contribution < 1.29 is 9.53 Å². The van der Waals surface area contributed by atoms with Crippen molar-refractivity contribution in [1.82, 2.24) is 5.32 Å². The Morgan fingerprint density at radius 2 is 1.79 bits per heavy atom. The third kappa shape index (κ3) is 5.68. The fraction of sp³-hybridized carbons (Fsp3) is 0.316.